The fourth-order valence-electron chi connectivity index (χ4n) is 2.17. The second-order valence-electron chi connectivity index (χ2n) is 5.89. The van der Waals surface area contributed by atoms with E-state index in [9.17, 15) is 9.90 Å². The number of thioether (sulfide) groups is 1. The normalized spacial score (nSPS) is 15.2. The summed E-state index contributed by atoms with van der Waals surface area (Å²) < 4.78 is 0. The topological polar surface area (TPSA) is 64.3 Å². The number of phenolic OH excluding ortho intramolecular Hbond substituents is 1. The van der Waals surface area contributed by atoms with E-state index in [1.807, 2.05) is 26.8 Å². The number of amides is 1. The summed E-state index contributed by atoms with van der Waals surface area (Å²) in [5, 5.41) is 19.3. The van der Waals surface area contributed by atoms with Gasteiger partial charge in [0.25, 0.3) is 5.91 Å². The van der Waals surface area contributed by atoms with Gasteiger partial charge in [-0.25, -0.2) is 0 Å². The maximum Gasteiger partial charge on any atom is 0.254 e. The van der Waals surface area contributed by atoms with Crippen LogP contribution in [0.4, 0.5) is 0 Å². The maximum absolute atomic E-state index is 12.4. The van der Waals surface area contributed by atoms with Gasteiger partial charge in [-0.15, -0.1) is 11.8 Å². The molecule has 0 aliphatic carbocycles. The van der Waals surface area contributed by atoms with Crippen LogP contribution in [0.5, 0.6) is 5.75 Å². The minimum atomic E-state index is -0.328. The van der Waals surface area contributed by atoms with Crippen molar-refractivity contribution < 1.29 is 9.90 Å². The van der Waals surface area contributed by atoms with Gasteiger partial charge >= 0.3 is 0 Å². The predicted octanol–water partition coefficient (Wildman–Crippen LogP) is 2.71. The molecule has 20 heavy (non-hydrogen) atoms. The number of phenols is 1. The molecule has 5 heteroatoms. The molecule has 0 bridgehead atoms. The van der Waals surface area contributed by atoms with Gasteiger partial charge in [0.05, 0.1) is 11.4 Å². The fourth-order valence-corrected chi connectivity index (χ4v) is 3.12. The Morgan fingerprint density at radius 1 is 1.45 bits per heavy atom. The zero-order valence-electron chi connectivity index (χ0n) is 11.9. The summed E-state index contributed by atoms with van der Waals surface area (Å²) in [5.74, 6) is 1.54. The van der Waals surface area contributed by atoms with E-state index >= 15 is 0 Å². The number of nitrogens with zero attached hydrogens (tertiary/aromatic N) is 2. The van der Waals surface area contributed by atoms with E-state index < -0.39 is 0 Å². The zero-order valence-corrected chi connectivity index (χ0v) is 12.8. The van der Waals surface area contributed by atoms with Crippen LogP contribution in [0.2, 0.25) is 0 Å². The van der Waals surface area contributed by atoms with E-state index in [0.29, 0.717) is 17.0 Å². The number of carbonyl (C=O) groups excluding carboxylic acids is 1. The third kappa shape index (κ3) is 2.75. The summed E-state index contributed by atoms with van der Waals surface area (Å²) in [6.07, 6.45) is 0. The largest absolute Gasteiger partial charge is 0.506 e. The number of hydrogen-bond donors (Lipinski definition) is 1. The standard InChI is InChI=1S/C15H18N2O2S/c1-15(2,3)12-7-10(6-11(8-16)13(12)18)14(19)17-4-5-20-9-17/h6-7,18H,4-5,9H2,1-3H3. The summed E-state index contributed by atoms with van der Waals surface area (Å²) in [4.78, 5) is 14.2. The molecule has 106 valence electrons. The highest BCUT2D eigenvalue weighted by molar-refractivity contribution is 7.99. The minimum Gasteiger partial charge on any atom is -0.506 e. The maximum atomic E-state index is 12.4. The molecule has 0 unspecified atom stereocenters. The van der Waals surface area contributed by atoms with E-state index in [4.69, 9.17) is 5.26 Å². The molecule has 1 saturated heterocycles. The Bertz CT molecular complexity index is 579. The monoisotopic (exact) mass is 290 g/mol. The van der Waals surface area contributed by atoms with Crippen molar-refractivity contribution in [2.24, 2.45) is 0 Å². The third-order valence-electron chi connectivity index (χ3n) is 3.33. The van der Waals surface area contributed by atoms with Gasteiger partial charge in [0.1, 0.15) is 11.8 Å². The van der Waals surface area contributed by atoms with E-state index in [1.54, 1.807) is 22.7 Å². The van der Waals surface area contributed by atoms with Gasteiger partial charge < -0.3 is 10.0 Å². The van der Waals surface area contributed by atoms with Gasteiger partial charge in [0.2, 0.25) is 0 Å². The first-order valence-corrected chi connectivity index (χ1v) is 7.64. The van der Waals surface area contributed by atoms with Gasteiger partial charge in [-0.3, -0.25) is 4.79 Å². The quantitative estimate of drug-likeness (QED) is 0.863. The number of rotatable bonds is 1. The Balaban J connectivity index is 2.49. The summed E-state index contributed by atoms with van der Waals surface area (Å²) in [5.41, 5.74) is 0.942. The van der Waals surface area contributed by atoms with Gasteiger partial charge in [-0.2, -0.15) is 5.26 Å². The number of benzene rings is 1. The van der Waals surface area contributed by atoms with Crippen molar-refractivity contribution in [3.05, 3.63) is 28.8 Å². The lowest BCUT2D eigenvalue weighted by Crippen LogP contribution is -2.28. The molecule has 1 aromatic rings. The van der Waals surface area contributed by atoms with Gasteiger partial charge in [-0.1, -0.05) is 20.8 Å². The van der Waals surface area contributed by atoms with Crippen LogP contribution in [0.1, 0.15) is 42.3 Å². The molecule has 0 saturated carbocycles. The van der Waals surface area contributed by atoms with E-state index in [1.165, 1.54) is 6.07 Å². The minimum absolute atomic E-state index is 0.0210. The van der Waals surface area contributed by atoms with Crippen molar-refractivity contribution in [3.63, 3.8) is 0 Å². The summed E-state index contributed by atoms with van der Waals surface area (Å²) in [6, 6.07) is 5.16. The average Bonchev–Trinajstić information content (AvgIpc) is 2.90. The summed E-state index contributed by atoms with van der Waals surface area (Å²) in [7, 11) is 0. The van der Waals surface area contributed by atoms with Crippen LogP contribution < -0.4 is 0 Å². The fraction of sp³-hybridized carbons (Fsp3) is 0.467. The third-order valence-corrected chi connectivity index (χ3v) is 4.29. The smallest absolute Gasteiger partial charge is 0.254 e. The molecule has 1 amide bonds. The molecular formula is C15H18N2O2S. The van der Waals surface area contributed by atoms with Crippen LogP contribution >= 0.6 is 11.8 Å². The van der Waals surface area contributed by atoms with Gasteiger partial charge in [0.15, 0.2) is 0 Å². The van der Waals surface area contributed by atoms with Gasteiger partial charge in [0, 0.05) is 23.4 Å². The summed E-state index contributed by atoms with van der Waals surface area (Å²) >= 11 is 1.72. The Labute approximate surface area is 123 Å². The SMILES string of the molecule is CC(C)(C)c1cc(C(=O)N2CCSC2)cc(C#N)c1O. The van der Waals surface area contributed by atoms with E-state index in [2.05, 4.69) is 0 Å². The molecule has 4 nitrogen and oxygen atoms in total. The van der Waals surface area contributed by atoms with Crippen LogP contribution in [0, 0.1) is 11.3 Å². The molecule has 1 aliphatic rings. The average molecular weight is 290 g/mol. The molecule has 0 radical (unpaired) electrons. The van der Waals surface area contributed by atoms with Crippen molar-refractivity contribution >= 4 is 17.7 Å². The van der Waals surface area contributed by atoms with E-state index in [-0.39, 0.29) is 22.6 Å². The first-order valence-electron chi connectivity index (χ1n) is 6.49. The van der Waals surface area contributed by atoms with Crippen molar-refractivity contribution in [3.8, 4) is 11.8 Å². The zero-order chi connectivity index (χ0) is 14.9. The molecule has 0 spiro atoms. The molecule has 1 fully saturated rings. The van der Waals surface area contributed by atoms with E-state index in [0.717, 1.165) is 12.3 Å². The highest BCUT2D eigenvalue weighted by atomic mass is 32.2. The number of nitriles is 1. The van der Waals surface area contributed by atoms with Crippen molar-refractivity contribution in [2.45, 2.75) is 26.2 Å². The van der Waals surface area contributed by atoms with Gasteiger partial charge in [-0.05, 0) is 17.5 Å². The molecule has 2 rings (SSSR count). The van der Waals surface area contributed by atoms with Crippen LogP contribution in [0.3, 0.4) is 0 Å². The molecule has 0 atom stereocenters. The molecule has 1 aliphatic heterocycles. The lowest BCUT2D eigenvalue weighted by molar-refractivity contribution is 0.0802. The Morgan fingerprint density at radius 3 is 2.65 bits per heavy atom. The molecule has 1 heterocycles. The van der Waals surface area contributed by atoms with Crippen LogP contribution in [0.25, 0.3) is 0 Å². The van der Waals surface area contributed by atoms with Crippen molar-refractivity contribution in [1.82, 2.24) is 4.90 Å². The van der Waals surface area contributed by atoms with Crippen LogP contribution in [-0.4, -0.2) is 34.1 Å². The first kappa shape index (κ1) is 14.7. The molecular weight excluding hydrogens is 272 g/mol. The summed E-state index contributed by atoms with van der Waals surface area (Å²) in [6.45, 7) is 6.58. The Hall–Kier alpha value is -1.67. The predicted molar refractivity (Wildman–Crippen MR) is 79.9 cm³/mol. The Kier molecular flexibility index (Phi) is 3.96. The highest BCUT2D eigenvalue weighted by Gasteiger charge is 2.26. The first-order chi connectivity index (χ1) is 9.34. The lowest BCUT2D eigenvalue weighted by Gasteiger charge is -2.23. The highest BCUT2D eigenvalue weighted by Crippen LogP contribution is 2.34. The molecule has 1 aromatic carbocycles. The van der Waals surface area contributed by atoms with Crippen LogP contribution in [-0.2, 0) is 5.41 Å². The second-order valence-corrected chi connectivity index (χ2v) is 6.96. The molecule has 1 N–H and O–H groups in total. The Morgan fingerprint density at radius 2 is 2.15 bits per heavy atom. The molecule has 0 aromatic heterocycles. The number of aromatic hydroxyl groups is 1. The second kappa shape index (κ2) is 5.37. The van der Waals surface area contributed by atoms with Crippen LogP contribution in [0.15, 0.2) is 12.1 Å². The number of hydrogen-bond acceptors (Lipinski definition) is 4. The number of carbonyl (C=O) groups is 1. The van der Waals surface area contributed by atoms with Crippen molar-refractivity contribution in [2.75, 3.05) is 18.2 Å². The lowest BCUT2D eigenvalue weighted by atomic mass is 9.84. The van der Waals surface area contributed by atoms with Crippen molar-refractivity contribution in [1.29, 1.82) is 5.26 Å².